The van der Waals surface area contributed by atoms with E-state index >= 15 is 0 Å². The summed E-state index contributed by atoms with van der Waals surface area (Å²) in [5, 5.41) is 0.435. The highest BCUT2D eigenvalue weighted by molar-refractivity contribution is 6.31. The van der Waals surface area contributed by atoms with Crippen molar-refractivity contribution in [2.24, 2.45) is 0 Å². The Hall–Kier alpha value is -1.55. The minimum atomic E-state index is -0.729. The van der Waals surface area contributed by atoms with E-state index in [1.54, 1.807) is 38.1 Å². The predicted molar refractivity (Wildman–Crippen MR) is 72.1 cm³/mol. The molecule has 0 spiro atoms. The van der Waals surface area contributed by atoms with Gasteiger partial charge in [-0.05, 0) is 25.5 Å². The summed E-state index contributed by atoms with van der Waals surface area (Å²) < 4.78 is 9.86. The van der Waals surface area contributed by atoms with Crippen molar-refractivity contribution in [3.8, 4) is 0 Å². The largest absolute Gasteiger partial charge is 0.466 e. The van der Waals surface area contributed by atoms with Gasteiger partial charge in [-0.3, -0.25) is 9.59 Å². The number of benzene rings is 1. The lowest BCUT2D eigenvalue weighted by atomic mass is 9.96. The summed E-state index contributed by atoms with van der Waals surface area (Å²) in [6.07, 6.45) is -0.0730. The lowest BCUT2D eigenvalue weighted by Crippen LogP contribution is -2.21. The summed E-state index contributed by atoms with van der Waals surface area (Å²) in [6.45, 7) is 3.96. The number of esters is 2. The van der Waals surface area contributed by atoms with Gasteiger partial charge in [-0.1, -0.05) is 29.8 Å². The Labute approximate surface area is 117 Å². The summed E-state index contributed by atoms with van der Waals surface area (Å²) in [4.78, 5) is 23.5. The molecule has 19 heavy (non-hydrogen) atoms. The highest BCUT2D eigenvalue weighted by Crippen LogP contribution is 2.28. The second-order valence-electron chi connectivity index (χ2n) is 3.84. The maximum atomic E-state index is 11.9. The van der Waals surface area contributed by atoms with Crippen LogP contribution in [0.25, 0.3) is 0 Å². The topological polar surface area (TPSA) is 52.6 Å². The third-order valence-corrected chi connectivity index (χ3v) is 2.87. The number of rotatable bonds is 6. The maximum absolute atomic E-state index is 11.9. The standard InChI is InChI=1S/C14H17ClO4/c1-3-18-13(16)9-11(14(17)19-4-2)10-7-5-6-8-12(10)15/h5-8,11H,3-4,9H2,1-2H3. The Balaban J connectivity index is 2.95. The first kappa shape index (κ1) is 15.5. The van der Waals surface area contributed by atoms with Crippen LogP contribution in [0.3, 0.4) is 0 Å². The van der Waals surface area contributed by atoms with Gasteiger partial charge in [0, 0.05) is 5.02 Å². The molecule has 4 nitrogen and oxygen atoms in total. The molecule has 0 saturated carbocycles. The summed E-state index contributed by atoms with van der Waals surface area (Å²) in [5.74, 6) is -1.64. The molecule has 0 N–H and O–H groups in total. The van der Waals surface area contributed by atoms with E-state index in [1.165, 1.54) is 0 Å². The Morgan fingerprint density at radius 2 is 1.79 bits per heavy atom. The Morgan fingerprint density at radius 3 is 2.37 bits per heavy atom. The summed E-state index contributed by atoms with van der Waals surface area (Å²) in [7, 11) is 0. The lowest BCUT2D eigenvalue weighted by molar-refractivity contribution is -0.151. The molecule has 0 aliphatic heterocycles. The fourth-order valence-corrected chi connectivity index (χ4v) is 1.97. The highest BCUT2D eigenvalue weighted by atomic mass is 35.5. The minimum absolute atomic E-state index is 0.0730. The van der Waals surface area contributed by atoms with E-state index in [9.17, 15) is 9.59 Å². The lowest BCUT2D eigenvalue weighted by Gasteiger charge is -2.16. The van der Waals surface area contributed by atoms with Crippen molar-refractivity contribution < 1.29 is 19.1 Å². The number of hydrogen-bond acceptors (Lipinski definition) is 4. The molecular weight excluding hydrogens is 268 g/mol. The molecule has 1 atom stereocenters. The highest BCUT2D eigenvalue weighted by Gasteiger charge is 2.27. The van der Waals surface area contributed by atoms with Crippen molar-refractivity contribution in [3.05, 3.63) is 34.9 Å². The molecule has 0 aliphatic rings. The van der Waals surface area contributed by atoms with Crippen LogP contribution in [0, 0.1) is 0 Å². The molecule has 104 valence electrons. The zero-order valence-electron chi connectivity index (χ0n) is 11.0. The Kier molecular flexibility index (Phi) is 6.36. The van der Waals surface area contributed by atoms with Gasteiger partial charge in [0.1, 0.15) is 0 Å². The van der Waals surface area contributed by atoms with Crippen LogP contribution in [-0.2, 0) is 19.1 Å². The number of carbonyl (C=O) groups excluding carboxylic acids is 2. The molecule has 0 radical (unpaired) electrons. The van der Waals surface area contributed by atoms with Crippen LogP contribution in [0.1, 0.15) is 31.7 Å². The van der Waals surface area contributed by atoms with E-state index < -0.39 is 17.9 Å². The molecule has 1 rings (SSSR count). The number of ether oxygens (including phenoxy) is 2. The molecular formula is C14H17ClO4. The van der Waals surface area contributed by atoms with Gasteiger partial charge in [0.2, 0.25) is 0 Å². The Morgan fingerprint density at radius 1 is 1.16 bits per heavy atom. The first-order chi connectivity index (χ1) is 9.10. The van der Waals surface area contributed by atoms with E-state index in [2.05, 4.69) is 0 Å². The second kappa shape index (κ2) is 7.79. The van der Waals surface area contributed by atoms with Gasteiger partial charge in [0.05, 0.1) is 25.6 Å². The fraction of sp³-hybridized carbons (Fsp3) is 0.429. The van der Waals surface area contributed by atoms with Gasteiger partial charge >= 0.3 is 11.9 Å². The minimum Gasteiger partial charge on any atom is -0.466 e. The summed E-state index contributed by atoms with van der Waals surface area (Å²) >= 11 is 6.06. The first-order valence-corrected chi connectivity index (χ1v) is 6.54. The molecule has 0 fully saturated rings. The zero-order chi connectivity index (χ0) is 14.3. The van der Waals surface area contributed by atoms with Crippen LogP contribution in [0.2, 0.25) is 5.02 Å². The van der Waals surface area contributed by atoms with Crippen LogP contribution in [0.4, 0.5) is 0 Å². The molecule has 0 amide bonds. The van der Waals surface area contributed by atoms with E-state index in [0.29, 0.717) is 10.6 Å². The number of hydrogen-bond donors (Lipinski definition) is 0. The summed E-state index contributed by atoms with van der Waals surface area (Å²) in [5.41, 5.74) is 0.579. The van der Waals surface area contributed by atoms with E-state index in [0.717, 1.165) is 0 Å². The van der Waals surface area contributed by atoms with Crippen LogP contribution < -0.4 is 0 Å². The quantitative estimate of drug-likeness (QED) is 0.754. The van der Waals surface area contributed by atoms with Gasteiger partial charge in [0.15, 0.2) is 0 Å². The molecule has 0 saturated heterocycles. The van der Waals surface area contributed by atoms with Crippen molar-refractivity contribution in [2.45, 2.75) is 26.2 Å². The Bertz CT molecular complexity index is 445. The van der Waals surface area contributed by atoms with E-state index in [-0.39, 0.29) is 19.6 Å². The average Bonchev–Trinajstić information content (AvgIpc) is 2.37. The molecule has 0 heterocycles. The van der Waals surface area contributed by atoms with Crippen molar-refractivity contribution in [1.29, 1.82) is 0 Å². The van der Waals surface area contributed by atoms with Crippen LogP contribution in [0.15, 0.2) is 24.3 Å². The van der Waals surface area contributed by atoms with Crippen LogP contribution in [0.5, 0.6) is 0 Å². The predicted octanol–water partition coefficient (Wildman–Crippen LogP) is 2.94. The van der Waals surface area contributed by atoms with Crippen molar-refractivity contribution >= 4 is 23.5 Å². The molecule has 1 aromatic carbocycles. The maximum Gasteiger partial charge on any atom is 0.314 e. The normalized spacial score (nSPS) is 11.7. The van der Waals surface area contributed by atoms with Gasteiger partial charge in [-0.25, -0.2) is 0 Å². The molecule has 0 aliphatic carbocycles. The van der Waals surface area contributed by atoms with Crippen LogP contribution in [-0.4, -0.2) is 25.2 Å². The van der Waals surface area contributed by atoms with E-state index in [4.69, 9.17) is 21.1 Å². The molecule has 1 unspecified atom stereocenters. The fourth-order valence-electron chi connectivity index (χ4n) is 1.71. The molecule has 0 bridgehead atoms. The second-order valence-corrected chi connectivity index (χ2v) is 4.24. The smallest absolute Gasteiger partial charge is 0.314 e. The van der Waals surface area contributed by atoms with Crippen molar-refractivity contribution in [3.63, 3.8) is 0 Å². The van der Waals surface area contributed by atoms with Gasteiger partial charge in [0.25, 0.3) is 0 Å². The monoisotopic (exact) mass is 284 g/mol. The van der Waals surface area contributed by atoms with Crippen molar-refractivity contribution in [2.75, 3.05) is 13.2 Å². The van der Waals surface area contributed by atoms with Gasteiger partial charge < -0.3 is 9.47 Å². The zero-order valence-corrected chi connectivity index (χ0v) is 11.8. The third kappa shape index (κ3) is 4.56. The van der Waals surface area contributed by atoms with E-state index in [1.807, 2.05) is 0 Å². The van der Waals surface area contributed by atoms with Crippen LogP contribution >= 0.6 is 11.6 Å². The molecule has 0 aromatic heterocycles. The molecule has 1 aromatic rings. The average molecular weight is 285 g/mol. The number of carbonyl (C=O) groups is 2. The van der Waals surface area contributed by atoms with Crippen molar-refractivity contribution in [1.82, 2.24) is 0 Å². The first-order valence-electron chi connectivity index (χ1n) is 6.16. The number of halogens is 1. The SMILES string of the molecule is CCOC(=O)CC(C(=O)OCC)c1ccccc1Cl. The third-order valence-electron chi connectivity index (χ3n) is 2.53. The van der Waals surface area contributed by atoms with Gasteiger partial charge in [-0.2, -0.15) is 0 Å². The molecule has 5 heteroatoms. The summed E-state index contributed by atoms with van der Waals surface area (Å²) in [6, 6.07) is 6.91. The van der Waals surface area contributed by atoms with Gasteiger partial charge in [-0.15, -0.1) is 0 Å².